The number of aromatic nitrogens is 1. The standard InChI is InChI=1S/C20H23N3O5S.C20H21N3O4S.C18H20N2O6S.5H2/c1-14(23-13-5-7-15-6-3-4-8-18(15)23)19(24)21-16-9-11-17(12-10-16)29(26,27)22-20(25)28-2;1-3-19(24)22-28(26,27)17-10-8-16(9-11-17)21-20(25)14(2)23-13-12-15-6-4-5-7-18(15)23;1-25-15-8-3-13(4-9-15)5-12-17(21)19-14-6-10-16(11-7-14)27(23,24)20-18(22)26-2;;;;;/h3-4,6,8-12,14H,5,7,13H2,1-2H3,(H,21,24)(H,22,25);4-14H,3H2,1-2H3,(H,21,25)(H,22,24);3-4,6-11H,5,12H2,1-2H3,(H,19,21)(H,20,22);5*1H/t14-;;;;;;;/m1......./s1. The van der Waals surface area contributed by atoms with E-state index in [0.29, 0.717) is 23.5 Å². The van der Waals surface area contributed by atoms with Crippen LogP contribution in [0, 0.1) is 0 Å². The largest absolute Gasteiger partial charge is 0.497 e. The molecule has 6 aromatic carbocycles. The number of carbonyl (C=O) groups excluding carboxylic acids is 6. The van der Waals surface area contributed by atoms with Crippen molar-refractivity contribution in [1.82, 2.24) is 18.7 Å². The van der Waals surface area contributed by atoms with Crippen molar-refractivity contribution >= 4 is 99.5 Å². The minimum absolute atomic E-state index is 0. The SMILES string of the molecule is CCC(=O)NS(=O)(=O)c1ccc(NC(=O)C(C)n2ccc3ccccc32)cc1.COC(=O)NS(=O)(=O)c1ccc(NC(=O)CCc2ccc(OC)cc2)cc1.COC(=O)NS(=O)(=O)c1ccc(NC(=O)[C@@H](C)N2CCCc3ccccc32)cc1.[HH].[HH].[HH].[HH].[HH]. The van der Waals surface area contributed by atoms with Crippen LogP contribution in [0.2, 0.25) is 0 Å². The first-order valence-corrected chi connectivity index (χ1v) is 30.4. The fourth-order valence-electron chi connectivity index (χ4n) is 8.30. The smallest absolute Gasteiger partial charge is 0.420 e. The van der Waals surface area contributed by atoms with Crippen molar-refractivity contribution in [2.75, 3.05) is 48.7 Å². The van der Waals surface area contributed by atoms with Crippen LogP contribution in [0.1, 0.15) is 64.3 Å². The van der Waals surface area contributed by atoms with Crippen molar-refractivity contribution in [2.45, 2.75) is 79.6 Å². The number of carbonyl (C=O) groups is 6. The maximum atomic E-state index is 12.7. The van der Waals surface area contributed by atoms with Crippen LogP contribution in [0.4, 0.5) is 32.3 Å². The van der Waals surface area contributed by atoms with E-state index in [2.05, 4.69) is 36.4 Å². The lowest BCUT2D eigenvalue weighted by Crippen LogP contribution is -2.44. The zero-order valence-corrected chi connectivity index (χ0v) is 49.1. The number of amides is 6. The molecule has 0 radical (unpaired) electrons. The monoisotopic (exact) mass is 1220 g/mol. The van der Waals surface area contributed by atoms with Gasteiger partial charge in [0, 0.05) is 61.0 Å². The average molecular weight is 1220 g/mol. The van der Waals surface area contributed by atoms with E-state index in [9.17, 15) is 54.0 Å². The second-order valence-electron chi connectivity index (χ2n) is 18.6. The molecular weight excluding hydrogens is 1140 g/mol. The van der Waals surface area contributed by atoms with Gasteiger partial charge >= 0.3 is 12.2 Å². The van der Waals surface area contributed by atoms with Crippen LogP contribution in [0.25, 0.3) is 10.9 Å². The highest BCUT2D eigenvalue weighted by Crippen LogP contribution is 2.29. The predicted molar refractivity (Wildman–Crippen MR) is 326 cm³/mol. The van der Waals surface area contributed by atoms with Crippen molar-refractivity contribution in [1.29, 1.82) is 0 Å². The number of fused-ring (bicyclic) bond motifs is 2. The van der Waals surface area contributed by atoms with Crippen LogP contribution >= 0.6 is 0 Å². The van der Waals surface area contributed by atoms with Gasteiger partial charge in [-0.25, -0.2) is 49.0 Å². The van der Waals surface area contributed by atoms with E-state index in [0.717, 1.165) is 61.5 Å². The van der Waals surface area contributed by atoms with Crippen LogP contribution in [-0.4, -0.2) is 99.6 Å². The van der Waals surface area contributed by atoms with Crippen molar-refractivity contribution in [3.05, 3.63) is 169 Å². The highest BCUT2D eigenvalue weighted by Gasteiger charge is 2.27. The third-order valence-corrected chi connectivity index (χ3v) is 17.0. The van der Waals surface area contributed by atoms with Crippen LogP contribution in [0.3, 0.4) is 0 Å². The molecule has 2 atom stereocenters. The van der Waals surface area contributed by atoms with Gasteiger partial charge in [0.15, 0.2) is 0 Å². The average Bonchev–Trinajstić information content (AvgIpc) is 4.20. The molecule has 6 N–H and O–H groups in total. The Hall–Kier alpha value is -9.27. The lowest BCUT2D eigenvalue weighted by atomic mass is 10.00. The number of nitrogens with one attached hydrogen (secondary N) is 6. The van der Waals surface area contributed by atoms with Crippen molar-refractivity contribution in [3.8, 4) is 5.75 Å². The zero-order valence-electron chi connectivity index (χ0n) is 46.7. The van der Waals surface area contributed by atoms with E-state index >= 15 is 0 Å². The van der Waals surface area contributed by atoms with Crippen LogP contribution in [0.15, 0.2) is 173 Å². The van der Waals surface area contributed by atoms with E-state index < -0.39 is 54.2 Å². The fraction of sp³-hybridized carbons (Fsp3) is 0.241. The molecule has 454 valence electrons. The Balaban J connectivity index is 0.000000650. The number of sulfonamides is 3. The normalized spacial score (nSPS) is 12.6. The number of ether oxygens (including phenoxy) is 3. The van der Waals surface area contributed by atoms with Crippen molar-refractivity contribution in [3.63, 3.8) is 0 Å². The second-order valence-corrected chi connectivity index (χ2v) is 23.6. The summed E-state index contributed by atoms with van der Waals surface area (Å²) in [6.45, 7) is 6.00. The zero-order chi connectivity index (χ0) is 61.2. The summed E-state index contributed by atoms with van der Waals surface area (Å²) in [5.41, 5.74) is 5.63. The van der Waals surface area contributed by atoms with Gasteiger partial charge in [-0.15, -0.1) is 0 Å². The summed E-state index contributed by atoms with van der Waals surface area (Å²) in [4.78, 5) is 72.8. The van der Waals surface area contributed by atoms with Crippen LogP contribution in [-0.2, 0) is 71.6 Å². The lowest BCUT2D eigenvalue weighted by Gasteiger charge is -2.35. The molecule has 1 aliphatic rings. The number of benzene rings is 6. The number of para-hydroxylation sites is 2. The number of anilines is 4. The molecule has 8 rings (SSSR count). The Kier molecular flexibility index (Phi) is 22.2. The molecule has 0 bridgehead atoms. The first kappa shape index (κ1) is 63.9. The van der Waals surface area contributed by atoms with Crippen molar-refractivity contribution < 1.29 is 75.4 Å². The molecule has 0 fully saturated rings. The number of methoxy groups -OCH3 is 3. The molecule has 7 aromatic rings. The first-order chi connectivity index (χ1) is 40.0. The van der Waals surface area contributed by atoms with Gasteiger partial charge in [-0.3, -0.25) is 19.2 Å². The van der Waals surface area contributed by atoms with E-state index in [-0.39, 0.29) is 58.4 Å². The van der Waals surface area contributed by atoms with Gasteiger partial charge in [0.25, 0.3) is 30.1 Å². The maximum Gasteiger partial charge on any atom is 0.420 e. The number of hydrogen-bond acceptors (Lipinski definition) is 16. The molecule has 0 aliphatic carbocycles. The van der Waals surface area contributed by atoms with E-state index in [1.165, 1.54) is 78.4 Å². The Bertz CT molecular complexity index is 3830. The number of hydrogen-bond donors (Lipinski definition) is 6. The topological polar surface area (TPSA) is 313 Å². The Morgan fingerprint density at radius 3 is 1.54 bits per heavy atom. The molecule has 1 aromatic heterocycles. The van der Waals surface area contributed by atoms with Crippen molar-refractivity contribution in [2.24, 2.45) is 0 Å². The van der Waals surface area contributed by atoms with Gasteiger partial charge in [0.1, 0.15) is 17.8 Å². The van der Waals surface area contributed by atoms with Gasteiger partial charge in [-0.05, 0) is 153 Å². The third-order valence-electron chi connectivity index (χ3n) is 12.9. The fourth-order valence-corrected chi connectivity index (χ4v) is 11.2. The van der Waals surface area contributed by atoms with E-state index in [1.807, 2.05) is 95.2 Å². The second kappa shape index (κ2) is 29.1. The molecular formula is C58H74N8O15S3. The highest BCUT2D eigenvalue weighted by molar-refractivity contribution is 7.90. The predicted octanol–water partition coefficient (Wildman–Crippen LogP) is 9.11. The summed E-state index contributed by atoms with van der Waals surface area (Å²) >= 11 is 0. The number of rotatable bonds is 18. The van der Waals surface area contributed by atoms with E-state index in [1.54, 1.807) is 30.4 Å². The molecule has 0 saturated heterocycles. The van der Waals surface area contributed by atoms with Gasteiger partial charge < -0.3 is 39.6 Å². The summed E-state index contributed by atoms with van der Waals surface area (Å²) in [5.74, 6) is -0.444. The van der Waals surface area contributed by atoms with Gasteiger partial charge in [-0.2, -0.15) is 0 Å². The van der Waals surface area contributed by atoms with Gasteiger partial charge in [0.05, 0.1) is 36.0 Å². The molecule has 6 amide bonds. The summed E-state index contributed by atoms with van der Waals surface area (Å²) in [7, 11) is -8.23. The molecule has 1 aliphatic heterocycles. The number of aryl methyl sites for hydroxylation is 2. The van der Waals surface area contributed by atoms with Crippen LogP contribution in [0.5, 0.6) is 5.75 Å². The first-order valence-electron chi connectivity index (χ1n) is 26.0. The number of nitrogens with zero attached hydrogens (tertiary/aromatic N) is 2. The molecule has 84 heavy (non-hydrogen) atoms. The van der Waals surface area contributed by atoms with E-state index in [4.69, 9.17) is 4.74 Å². The molecule has 26 heteroatoms. The van der Waals surface area contributed by atoms with Gasteiger partial charge in [-0.1, -0.05) is 55.5 Å². The van der Waals surface area contributed by atoms with Crippen LogP contribution < -0.4 is 39.8 Å². The summed E-state index contributed by atoms with van der Waals surface area (Å²) in [5, 5.41) is 9.34. The van der Waals surface area contributed by atoms with Gasteiger partial charge in [0.2, 0.25) is 23.6 Å². The molecule has 0 saturated carbocycles. The Morgan fingerprint density at radius 1 is 0.548 bits per heavy atom. The third kappa shape index (κ3) is 17.6. The highest BCUT2D eigenvalue weighted by atomic mass is 32.2. The quantitative estimate of drug-likeness (QED) is 0.0466. The minimum atomic E-state index is -4.03. The lowest BCUT2D eigenvalue weighted by molar-refractivity contribution is -0.119. The minimum Gasteiger partial charge on any atom is -0.497 e. The summed E-state index contributed by atoms with van der Waals surface area (Å²) < 4.78 is 93.2. The molecule has 2 heterocycles. The Morgan fingerprint density at radius 2 is 1.02 bits per heavy atom. The summed E-state index contributed by atoms with van der Waals surface area (Å²) in [6.07, 6.45) is 2.59. The maximum absolute atomic E-state index is 12.7. The molecule has 1 unspecified atom stereocenters. The summed E-state index contributed by atoms with van der Waals surface area (Å²) in [6, 6.07) is 41.1. The molecule has 23 nitrogen and oxygen atoms in total. The Labute approximate surface area is 494 Å². The molecule has 0 spiro atoms.